The van der Waals surface area contributed by atoms with Gasteiger partial charge >= 0.3 is 15.6 Å². The smallest absolute Gasteiger partial charge is 0.408 e. The monoisotopic (exact) mass is 738 g/mol. The van der Waals surface area contributed by atoms with Crippen LogP contribution in [0.25, 0.3) is 0 Å². The highest BCUT2D eigenvalue weighted by atomic mass is 31.2. The van der Waals surface area contributed by atoms with E-state index in [0.29, 0.717) is 12.8 Å². The summed E-state index contributed by atoms with van der Waals surface area (Å²) in [5.41, 5.74) is 3.23. The van der Waals surface area contributed by atoms with Crippen LogP contribution in [0.1, 0.15) is 75.1 Å². The van der Waals surface area contributed by atoms with Crippen LogP contribution in [0.5, 0.6) is 0 Å². The van der Waals surface area contributed by atoms with Crippen molar-refractivity contribution in [3.8, 4) is 0 Å². The van der Waals surface area contributed by atoms with Gasteiger partial charge in [0.2, 0.25) is 0 Å². The van der Waals surface area contributed by atoms with Gasteiger partial charge in [-0.15, -0.1) is 0 Å². The number of ether oxygens (including phenoxy) is 2. The lowest BCUT2D eigenvalue weighted by Crippen LogP contribution is -2.66. The van der Waals surface area contributed by atoms with Crippen LogP contribution in [0, 0.1) is 0 Å². The first-order valence-electron chi connectivity index (χ1n) is 17.2. The van der Waals surface area contributed by atoms with E-state index in [4.69, 9.17) is 41.0 Å². The Hall–Kier alpha value is -1.28. The van der Waals surface area contributed by atoms with Crippen molar-refractivity contribution in [3.63, 3.8) is 0 Å². The Morgan fingerprint density at radius 1 is 0.694 bits per heavy atom. The topological polar surface area (TPSA) is 137 Å². The fourth-order valence-corrected chi connectivity index (χ4v) is 10.9. The summed E-state index contributed by atoms with van der Waals surface area (Å²) in [4.78, 5) is 0. The maximum atomic E-state index is 14.4. The molecule has 2 aromatic rings. The normalized spacial score (nSPS) is 32.4. The summed E-state index contributed by atoms with van der Waals surface area (Å²) < 4.78 is 85.0. The number of rotatable bonds is 6. The molecule has 1 N–H and O–H groups in total. The molecule has 270 valence electrons. The number of phosphoric ester groups is 2. The molecule has 7 rings (SSSR count). The predicted octanol–water partition coefficient (Wildman–Crippen LogP) is 7.68. The first-order valence-corrected chi connectivity index (χ1v) is 23.0. The molecule has 2 aromatic carbocycles. The van der Waals surface area contributed by atoms with Crippen molar-refractivity contribution in [1.82, 2.24) is 0 Å². The second-order valence-electron chi connectivity index (χ2n) is 15.1. The van der Waals surface area contributed by atoms with E-state index in [0.717, 1.165) is 41.5 Å². The van der Waals surface area contributed by atoms with Crippen LogP contribution < -0.4 is 0 Å². The lowest BCUT2D eigenvalue weighted by molar-refractivity contribution is -0.202. The Morgan fingerprint density at radius 2 is 1.10 bits per heavy atom. The third-order valence-corrected chi connectivity index (χ3v) is 18.0. The van der Waals surface area contributed by atoms with Crippen LogP contribution in [-0.4, -0.2) is 55.8 Å². The third-order valence-electron chi connectivity index (χ3n) is 10.8. The van der Waals surface area contributed by atoms with Crippen LogP contribution in [0.2, 0.25) is 18.1 Å². The first kappa shape index (κ1) is 36.1. The lowest BCUT2D eigenvalue weighted by Gasteiger charge is -2.49. The molecule has 1 saturated heterocycles. The lowest BCUT2D eigenvalue weighted by atomic mass is 9.85. The summed E-state index contributed by atoms with van der Waals surface area (Å²) in [6.07, 6.45) is -2.96. The molecule has 3 aliphatic heterocycles. The minimum absolute atomic E-state index is 0.0241. The quantitative estimate of drug-likeness (QED) is 0.230. The summed E-state index contributed by atoms with van der Waals surface area (Å²) in [6.45, 7) is 10.4. The van der Waals surface area contributed by atoms with Crippen molar-refractivity contribution in [3.05, 3.63) is 70.8 Å². The van der Waals surface area contributed by atoms with E-state index in [1.54, 1.807) is 0 Å². The summed E-state index contributed by atoms with van der Waals surface area (Å²) in [5.74, 6) is -0.962. The van der Waals surface area contributed by atoms with Crippen LogP contribution in [0.3, 0.4) is 0 Å². The van der Waals surface area contributed by atoms with Gasteiger partial charge in [0, 0.05) is 12.8 Å². The molecule has 0 radical (unpaired) electrons. The molecule has 15 heteroatoms. The van der Waals surface area contributed by atoms with Crippen molar-refractivity contribution in [2.24, 2.45) is 0 Å². The molecule has 2 saturated carbocycles. The molecular formula is C34H48O12P2Si. The van der Waals surface area contributed by atoms with Crippen LogP contribution in [0.4, 0.5) is 0 Å². The molecule has 3 fully saturated rings. The zero-order valence-corrected chi connectivity index (χ0v) is 31.6. The number of fused-ring (bicyclic) bond motifs is 3. The summed E-state index contributed by atoms with van der Waals surface area (Å²) in [7, 11) is -11.2. The van der Waals surface area contributed by atoms with Gasteiger partial charge < -0.3 is 19.0 Å². The number of hydrogen-bond acceptors (Lipinski definition) is 12. The number of phosphoric acid groups is 2. The minimum Gasteiger partial charge on any atom is -0.408 e. The molecule has 0 unspecified atom stereocenters. The van der Waals surface area contributed by atoms with Gasteiger partial charge in [0.15, 0.2) is 14.1 Å². The van der Waals surface area contributed by atoms with Crippen molar-refractivity contribution in [1.29, 1.82) is 0 Å². The van der Waals surface area contributed by atoms with Gasteiger partial charge in [-0.2, -0.15) is 0 Å². The summed E-state index contributed by atoms with van der Waals surface area (Å²) >= 11 is 0. The van der Waals surface area contributed by atoms with Crippen molar-refractivity contribution >= 4 is 24.0 Å². The highest BCUT2D eigenvalue weighted by molar-refractivity contribution is 7.48. The highest BCUT2D eigenvalue weighted by Crippen LogP contribution is 2.61. The minimum atomic E-state index is -4.35. The van der Waals surface area contributed by atoms with E-state index < -0.39 is 66.4 Å². The van der Waals surface area contributed by atoms with Gasteiger partial charge in [-0.05, 0) is 53.2 Å². The van der Waals surface area contributed by atoms with Crippen molar-refractivity contribution in [2.45, 2.75) is 140 Å². The second kappa shape index (κ2) is 13.6. The number of aliphatic hydroxyl groups is 1. The number of hydrogen-bond donors (Lipinski definition) is 1. The Bertz CT molecular complexity index is 1550. The molecule has 0 bridgehead atoms. The molecule has 6 atom stereocenters. The second-order valence-corrected chi connectivity index (χ2v) is 23.1. The Morgan fingerprint density at radius 3 is 1.53 bits per heavy atom. The number of aliphatic hydroxyl groups excluding tert-OH is 1. The fourth-order valence-electron chi connectivity index (χ4n) is 6.92. The van der Waals surface area contributed by atoms with Crippen LogP contribution in [-0.2, 0) is 76.6 Å². The SMILES string of the molecule is CC(C)(C)[Si](C)(C)O[C@H]1[C@H](O)[C@@H](OP2(=O)OCc3ccccc3CO2)[C@H](OP2(=O)OCc3ccccc3CO2)[C@H]2OC3(CCCCC3)O[C@H]21. The van der Waals surface area contributed by atoms with E-state index in [1.165, 1.54) is 0 Å². The molecule has 49 heavy (non-hydrogen) atoms. The highest BCUT2D eigenvalue weighted by Gasteiger charge is 2.65. The Labute approximate surface area is 289 Å². The molecule has 0 aromatic heterocycles. The van der Waals surface area contributed by atoms with Crippen molar-refractivity contribution in [2.75, 3.05) is 0 Å². The van der Waals surface area contributed by atoms with Gasteiger partial charge in [-0.25, -0.2) is 9.13 Å². The van der Waals surface area contributed by atoms with Gasteiger partial charge in [0.1, 0.15) is 36.6 Å². The molecule has 1 spiro atoms. The molecule has 0 amide bonds. The van der Waals surface area contributed by atoms with Gasteiger partial charge in [0.25, 0.3) is 0 Å². The molecule has 3 heterocycles. The predicted molar refractivity (Wildman–Crippen MR) is 181 cm³/mol. The third kappa shape index (κ3) is 7.35. The average Bonchev–Trinajstić information content (AvgIpc) is 3.21. The molecule has 5 aliphatic rings. The largest absolute Gasteiger partial charge is 0.475 e. The number of benzene rings is 2. The van der Waals surface area contributed by atoms with E-state index in [-0.39, 0.29) is 31.5 Å². The average molecular weight is 739 g/mol. The maximum absolute atomic E-state index is 14.4. The molecule has 2 aliphatic carbocycles. The van der Waals surface area contributed by atoms with E-state index in [1.807, 2.05) is 48.5 Å². The van der Waals surface area contributed by atoms with Crippen LogP contribution >= 0.6 is 15.6 Å². The first-order chi connectivity index (χ1) is 23.2. The van der Waals surface area contributed by atoms with Crippen LogP contribution in [0.15, 0.2) is 48.5 Å². The van der Waals surface area contributed by atoms with Gasteiger partial charge in [0.05, 0.1) is 26.4 Å². The zero-order chi connectivity index (χ0) is 34.7. The summed E-state index contributed by atoms with van der Waals surface area (Å²) in [6, 6.07) is 14.9. The van der Waals surface area contributed by atoms with E-state index >= 15 is 0 Å². The van der Waals surface area contributed by atoms with Crippen molar-refractivity contribution < 1.29 is 55.3 Å². The fraction of sp³-hybridized carbons (Fsp3) is 0.647. The zero-order valence-electron chi connectivity index (χ0n) is 28.8. The standard InChI is InChI=1S/C34H48O12P2Si/c1-33(2,3)49(4,5)46-29-27(35)28(44-47(36)38-19-23-13-7-8-14-24(23)20-39-47)32(31-30(29)42-34(43-31)17-11-6-12-18-34)45-48(37)40-21-25-15-9-10-16-26(25)22-41-48/h7-10,13-16,27-32,35H,6,11-12,17-22H2,1-5H3/t27-,28-,29+,30+,31+,32+/m1/s1. The van der Waals surface area contributed by atoms with E-state index in [2.05, 4.69) is 33.9 Å². The molecular weight excluding hydrogens is 690 g/mol. The van der Waals surface area contributed by atoms with Gasteiger partial charge in [-0.1, -0.05) is 75.7 Å². The van der Waals surface area contributed by atoms with E-state index in [9.17, 15) is 14.2 Å². The Kier molecular flexibility index (Phi) is 10.0. The maximum Gasteiger partial charge on any atom is 0.475 e. The Balaban J connectivity index is 1.26. The van der Waals surface area contributed by atoms with Gasteiger partial charge in [-0.3, -0.25) is 27.1 Å². The summed E-state index contributed by atoms with van der Waals surface area (Å²) in [5, 5.41) is 12.1. The molecule has 12 nitrogen and oxygen atoms in total.